The molecule has 0 radical (unpaired) electrons. The van der Waals surface area contributed by atoms with Crippen molar-refractivity contribution >= 4 is 17.5 Å². The van der Waals surface area contributed by atoms with E-state index in [0.29, 0.717) is 18.0 Å². The molecule has 0 saturated heterocycles. The van der Waals surface area contributed by atoms with Crippen molar-refractivity contribution in [1.29, 1.82) is 0 Å². The lowest BCUT2D eigenvalue weighted by Gasteiger charge is -2.23. The van der Waals surface area contributed by atoms with Crippen LogP contribution in [0.25, 0.3) is 0 Å². The number of carbonyl (C=O) groups is 2. The summed E-state index contributed by atoms with van der Waals surface area (Å²) in [6.07, 6.45) is 0.201. The molecule has 0 aliphatic rings. The number of benzene rings is 2. The highest BCUT2D eigenvalue weighted by Crippen LogP contribution is 2.29. The fraction of sp³-hybridized carbons (Fsp3) is 0.333. The maximum absolute atomic E-state index is 12.2. The van der Waals surface area contributed by atoms with Crippen molar-refractivity contribution in [2.24, 2.45) is 0 Å². The third kappa shape index (κ3) is 5.74. The number of nitrogens with zero attached hydrogens (tertiary/aromatic N) is 1. The number of amides is 2. The lowest BCUT2D eigenvalue weighted by molar-refractivity contribution is -0.121. The molecule has 0 unspecified atom stereocenters. The third-order valence-corrected chi connectivity index (χ3v) is 4.22. The molecular formula is C21H26N2O4. The topological polar surface area (TPSA) is 67.9 Å². The number of nitrogens with one attached hydrogen (secondary N) is 1. The zero-order chi connectivity index (χ0) is 19.8. The molecular weight excluding hydrogens is 344 g/mol. The Morgan fingerprint density at radius 1 is 1.04 bits per heavy atom. The molecule has 1 N–H and O–H groups in total. The zero-order valence-corrected chi connectivity index (χ0v) is 16.2. The molecule has 6 heteroatoms. The number of aryl methyl sites for hydroxylation is 1. The summed E-state index contributed by atoms with van der Waals surface area (Å²) < 4.78 is 10.5. The van der Waals surface area contributed by atoms with Gasteiger partial charge in [0.2, 0.25) is 11.8 Å². The lowest BCUT2D eigenvalue weighted by Crippen LogP contribution is -2.34. The molecule has 0 fully saturated rings. The fourth-order valence-corrected chi connectivity index (χ4v) is 2.70. The average molecular weight is 370 g/mol. The van der Waals surface area contributed by atoms with Gasteiger partial charge in [-0.05, 0) is 42.3 Å². The average Bonchev–Trinajstić information content (AvgIpc) is 2.67. The molecule has 2 aromatic rings. The van der Waals surface area contributed by atoms with E-state index in [2.05, 4.69) is 5.32 Å². The molecule has 144 valence electrons. The minimum atomic E-state index is -0.137. The SMILES string of the molecule is COc1ccc(CNC(=O)CCN(C(C)=O)c2cc(C)ccc2OC)cc1. The van der Waals surface area contributed by atoms with Crippen LogP contribution < -0.4 is 19.7 Å². The number of anilines is 1. The Morgan fingerprint density at radius 3 is 2.33 bits per heavy atom. The van der Waals surface area contributed by atoms with E-state index in [0.717, 1.165) is 16.9 Å². The van der Waals surface area contributed by atoms with Crippen molar-refractivity contribution in [2.75, 3.05) is 25.7 Å². The van der Waals surface area contributed by atoms with Crippen molar-refractivity contribution in [3.05, 3.63) is 53.6 Å². The minimum Gasteiger partial charge on any atom is -0.497 e. The number of methoxy groups -OCH3 is 2. The summed E-state index contributed by atoms with van der Waals surface area (Å²) in [6.45, 7) is 4.14. The second kappa shape index (κ2) is 9.62. The summed E-state index contributed by atoms with van der Waals surface area (Å²) in [5.74, 6) is 1.12. The summed E-state index contributed by atoms with van der Waals surface area (Å²) >= 11 is 0. The summed E-state index contributed by atoms with van der Waals surface area (Å²) in [5.41, 5.74) is 2.67. The van der Waals surface area contributed by atoms with Gasteiger partial charge in [-0.25, -0.2) is 0 Å². The van der Waals surface area contributed by atoms with Crippen molar-refractivity contribution < 1.29 is 19.1 Å². The molecule has 0 aliphatic carbocycles. The number of carbonyl (C=O) groups excluding carboxylic acids is 2. The Bertz CT molecular complexity index is 787. The van der Waals surface area contributed by atoms with Crippen LogP contribution in [0.4, 0.5) is 5.69 Å². The first-order valence-corrected chi connectivity index (χ1v) is 8.77. The number of ether oxygens (including phenoxy) is 2. The van der Waals surface area contributed by atoms with Gasteiger partial charge in [0.15, 0.2) is 0 Å². The van der Waals surface area contributed by atoms with Crippen LogP contribution in [0.15, 0.2) is 42.5 Å². The van der Waals surface area contributed by atoms with Crippen LogP contribution in [-0.4, -0.2) is 32.6 Å². The van der Waals surface area contributed by atoms with Crippen molar-refractivity contribution in [2.45, 2.75) is 26.8 Å². The van der Waals surface area contributed by atoms with Crippen LogP contribution in [-0.2, 0) is 16.1 Å². The first kappa shape index (κ1) is 20.3. The molecule has 0 heterocycles. The second-order valence-corrected chi connectivity index (χ2v) is 6.22. The highest BCUT2D eigenvalue weighted by atomic mass is 16.5. The molecule has 0 spiro atoms. The second-order valence-electron chi connectivity index (χ2n) is 6.22. The number of hydrogen-bond acceptors (Lipinski definition) is 4. The monoisotopic (exact) mass is 370 g/mol. The van der Waals surface area contributed by atoms with Gasteiger partial charge >= 0.3 is 0 Å². The summed E-state index contributed by atoms with van der Waals surface area (Å²) in [6, 6.07) is 13.1. The minimum absolute atomic E-state index is 0.122. The summed E-state index contributed by atoms with van der Waals surface area (Å²) in [5, 5.41) is 2.87. The Kier molecular flexibility index (Phi) is 7.23. The van der Waals surface area contributed by atoms with Gasteiger partial charge in [-0.15, -0.1) is 0 Å². The molecule has 2 amide bonds. The maximum atomic E-state index is 12.2. The predicted octanol–water partition coefficient (Wildman–Crippen LogP) is 3.07. The quantitative estimate of drug-likeness (QED) is 0.775. The van der Waals surface area contributed by atoms with Crippen LogP contribution >= 0.6 is 0 Å². The van der Waals surface area contributed by atoms with Gasteiger partial charge in [-0.3, -0.25) is 9.59 Å². The van der Waals surface area contributed by atoms with E-state index in [-0.39, 0.29) is 24.8 Å². The molecule has 0 aliphatic heterocycles. The van der Waals surface area contributed by atoms with Crippen LogP contribution in [0.1, 0.15) is 24.5 Å². The maximum Gasteiger partial charge on any atom is 0.223 e. The lowest BCUT2D eigenvalue weighted by atomic mass is 10.1. The Balaban J connectivity index is 1.96. The van der Waals surface area contributed by atoms with E-state index in [1.807, 2.05) is 49.4 Å². The van der Waals surface area contributed by atoms with Gasteiger partial charge in [0, 0.05) is 26.4 Å². The van der Waals surface area contributed by atoms with E-state index in [4.69, 9.17) is 9.47 Å². The smallest absolute Gasteiger partial charge is 0.223 e. The van der Waals surface area contributed by atoms with Crippen LogP contribution in [0.2, 0.25) is 0 Å². The molecule has 2 aromatic carbocycles. The van der Waals surface area contributed by atoms with Gasteiger partial charge in [0.25, 0.3) is 0 Å². The normalized spacial score (nSPS) is 10.2. The van der Waals surface area contributed by atoms with Crippen LogP contribution in [0.3, 0.4) is 0 Å². The number of hydrogen-bond donors (Lipinski definition) is 1. The van der Waals surface area contributed by atoms with Gasteiger partial charge in [0.05, 0.1) is 19.9 Å². The Morgan fingerprint density at radius 2 is 1.74 bits per heavy atom. The molecule has 2 rings (SSSR count). The standard InChI is InChI=1S/C21H26N2O4/c1-15-5-10-20(27-4)19(13-15)23(16(2)24)12-11-21(25)22-14-17-6-8-18(26-3)9-7-17/h5-10,13H,11-12,14H2,1-4H3,(H,22,25). The third-order valence-electron chi connectivity index (χ3n) is 4.22. The molecule has 0 saturated carbocycles. The molecule has 0 bridgehead atoms. The first-order chi connectivity index (χ1) is 12.9. The predicted molar refractivity (Wildman–Crippen MR) is 105 cm³/mol. The molecule has 27 heavy (non-hydrogen) atoms. The Hall–Kier alpha value is -3.02. The van der Waals surface area contributed by atoms with Crippen LogP contribution in [0, 0.1) is 6.92 Å². The molecule has 6 nitrogen and oxygen atoms in total. The van der Waals surface area contributed by atoms with E-state index < -0.39 is 0 Å². The van der Waals surface area contributed by atoms with Crippen LogP contribution in [0.5, 0.6) is 11.5 Å². The van der Waals surface area contributed by atoms with Gasteiger partial charge in [-0.1, -0.05) is 18.2 Å². The van der Waals surface area contributed by atoms with Crippen molar-refractivity contribution in [1.82, 2.24) is 5.32 Å². The number of rotatable bonds is 8. The molecule has 0 aromatic heterocycles. The van der Waals surface area contributed by atoms with Gasteiger partial charge in [-0.2, -0.15) is 0 Å². The largest absolute Gasteiger partial charge is 0.497 e. The first-order valence-electron chi connectivity index (χ1n) is 8.77. The fourth-order valence-electron chi connectivity index (χ4n) is 2.70. The summed E-state index contributed by atoms with van der Waals surface area (Å²) in [7, 11) is 3.18. The van der Waals surface area contributed by atoms with Crippen molar-refractivity contribution in [3.63, 3.8) is 0 Å². The zero-order valence-electron chi connectivity index (χ0n) is 16.2. The van der Waals surface area contributed by atoms with Gasteiger partial charge in [0.1, 0.15) is 11.5 Å². The van der Waals surface area contributed by atoms with Crippen molar-refractivity contribution in [3.8, 4) is 11.5 Å². The Labute approximate surface area is 160 Å². The highest BCUT2D eigenvalue weighted by molar-refractivity contribution is 5.94. The van der Waals surface area contributed by atoms with E-state index in [1.54, 1.807) is 19.1 Å². The van der Waals surface area contributed by atoms with E-state index >= 15 is 0 Å². The van der Waals surface area contributed by atoms with Gasteiger partial charge < -0.3 is 19.7 Å². The van der Waals surface area contributed by atoms with E-state index in [1.165, 1.54) is 6.92 Å². The highest BCUT2D eigenvalue weighted by Gasteiger charge is 2.17. The van der Waals surface area contributed by atoms with E-state index in [9.17, 15) is 9.59 Å². The molecule has 0 atom stereocenters. The summed E-state index contributed by atoms with van der Waals surface area (Å²) in [4.78, 5) is 25.9.